The number of aliphatic hydroxyl groups excluding tert-OH is 1. The first kappa shape index (κ1) is 16.4. The van der Waals surface area contributed by atoms with Crippen LogP contribution in [0.4, 0.5) is 0 Å². The fourth-order valence-electron chi connectivity index (χ4n) is 2.60. The molecule has 112 valence electrons. The van der Waals surface area contributed by atoms with Gasteiger partial charge in [0, 0.05) is 22.1 Å². The highest BCUT2D eigenvalue weighted by Gasteiger charge is 2.28. The Kier molecular flexibility index (Phi) is 5.64. The Bertz CT molecular complexity index is 577. The minimum Gasteiger partial charge on any atom is -0.396 e. The summed E-state index contributed by atoms with van der Waals surface area (Å²) in [6.45, 7) is 0.513. The van der Waals surface area contributed by atoms with Gasteiger partial charge in [0.15, 0.2) is 0 Å². The van der Waals surface area contributed by atoms with E-state index in [1.807, 2.05) is 0 Å². The molecule has 0 radical (unpaired) electrons. The van der Waals surface area contributed by atoms with Gasteiger partial charge in [0.1, 0.15) is 0 Å². The lowest BCUT2D eigenvalue weighted by molar-refractivity contribution is 0.195. The van der Waals surface area contributed by atoms with Gasteiger partial charge in [-0.25, -0.2) is 13.1 Å². The maximum absolute atomic E-state index is 12.3. The molecule has 0 amide bonds. The maximum atomic E-state index is 12.3. The van der Waals surface area contributed by atoms with Crippen LogP contribution in [0.2, 0.25) is 0 Å². The van der Waals surface area contributed by atoms with Crippen molar-refractivity contribution in [2.45, 2.75) is 24.2 Å². The first-order valence-corrected chi connectivity index (χ1v) is 9.56. The molecule has 1 fully saturated rings. The first-order chi connectivity index (χ1) is 9.44. The van der Waals surface area contributed by atoms with E-state index in [9.17, 15) is 13.5 Å². The van der Waals surface area contributed by atoms with Crippen LogP contribution in [-0.2, 0) is 10.0 Å². The van der Waals surface area contributed by atoms with Crippen molar-refractivity contribution in [3.05, 3.63) is 27.1 Å². The van der Waals surface area contributed by atoms with Crippen LogP contribution in [0.3, 0.4) is 0 Å². The predicted octanol–water partition coefficient (Wildman–Crippen LogP) is 2.90. The van der Waals surface area contributed by atoms with Crippen molar-refractivity contribution >= 4 is 41.9 Å². The molecule has 20 heavy (non-hydrogen) atoms. The fraction of sp³-hybridized carbons (Fsp3) is 0.538. The van der Waals surface area contributed by atoms with E-state index in [1.165, 1.54) is 0 Å². The summed E-state index contributed by atoms with van der Waals surface area (Å²) in [5, 5.41) is 9.27. The van der Waals surface area contributed by atoms with Crippen LogP contribution in [0.5, 0.6) is 0 Å². The second kappa shape index (κ2) is 6.87. The molecule has 1 saturated carbocycles. The highest BCUT2D eigenvalue weighted by atomic mass is 79.9. The van der Waals surface area contributed by atoms with Crippen LogP contribution in [0.15, 0.2) is 32.0 Å². The molecule has 0 spiro atoms. The summed E-state index contributed by atoms with van der Waals surface area (Å²) in [5.74, 6) is 0.435. The molecule has 1 aliphatic carbocycles. The zero-order valence-electron chi connectivity index (χ0n) is 10.9. The molecular weight excluding hydrogens is 410 g/mol. The molecule has 1 aliphatic rings. The average molecular weight is 427 g/mol. The smallest absolute Gasteiger partial charge is 0.241 e. The number of hydrogen-bond acceptors (Lipinski definition) is 3. The van der Waals surface area contributed by atoms with Gasteiger partial charge < -0.3 is 5.11 Å². The Labute approximate surface area is 136 Å². The molecular formula is C13H17Br2NO3S. The molecule has 2 unspecified atom stereocenters. The second-order valence-electron chi connectivity index (χ2n) is 5.06. The van der Waals surface area contributed by atoms with Crippen LogP contribution in [-0.4, -0.2) is 26.7 Å². The average Bonchev–Trinajstić information content (AvgIpc) is 2.86. The molecule has 0 aliphatic heterocycles. The van der Waals surface area contributed by atoms with Crippen molar-refractivity contribution in [3.63, 3.8) is 0 Å². The van der Waals surface area contributed by atoms with Crippen molar-refractivity contribution in [3.8, 4) is 0 Å². The van der Waals surface area contributed by atoms with Gasteiger partial charge in [0.05, 0.1) is 4.90 Å². The molecule has 0 bridgehead atoms. The standard InChI is InChI=1S/C13H17Br2NO3S/c14-11-4-5-12(15)13(6-11)20(18,19)16-7-9-2-1-3-10(9)8-17/h4-6,9-10,16-17H,1-3,7-8H2. The van der Waals surface area contributed by atoms with Gasteiger partial charge in [-0.3, -0.25) is 0 Å². The van der Waals surface area contributed by atoms with Gasteiger partial charge in [-0.15, -0.1) is 0 Å². The fourth-order valence-corrected chi connectivity index (χ4v) is 5.19. The zero-order valence-corrected chi connectivity index (χ0v) is 14.8. The van der Waals surface area contributed by atoms with Crippen molar-refractivity contribution < 1.29 is 13.5 Å². The van der Waals surface area contributed by atoms with E-state index in [-0.39, 0.29) is 23.3 Å². The number of rotatable bonds is 5. The van der Waals surface area contributed by atoms with Crippen LogP contribution < -0.4 is 4.72 Å². The molecule has 0 aromatic heterocycles. The lowest BCUT2D eigenvalue weighted by Gasteiger charge is -2.18. The lowest BCUT2D eigenvalue weighted by Crippen LogP contribution is -2.32. The van der Waals surface area contributed by atoms with Gasteiger partial charge >= 0.3 is 0 Å². The quantitative estimate of drug-likeness (QED) is 0.760. The molecule has 1 aromatic rings. The summed E-state index contributed by atoms with van der Waals surface area (Å²) in [6, 6.07) is 5.05. The summed E-state index contributed by atoms with van der Waals surface area (Å²) in [4.78, 5) is 0.227. The maximum Gasteiger partial charge on any atom is 0.241 e. The number of halogens is 2. The minimum atomic E-state index is -3.54. The third kappa shape index (κ3) is 3.82. The van der Waals surface area contributed by atoms with E-state index in [0.29, 0.717) is 11.0 Å². The number of hydrogen-bond donors (Lipinski definition) is 2. The Balaban J connectivity index is 2.09. The van der Waals surface area contributed by atoms with Crippen LogP contribution in [0.25, 0.3) is 0 Å². The summed E-state index contributed by atoms with van der Waals surface area (Å²) in [5.41, 5.74) is 0. The Morgan fingerprint density at radius 1 is 1.25 bits per heavy atom. The molecule has 2 atom stereocenters. The van der Waals surface area contributed by atoms with Crippen molar-refractivity contribution in [1.29, 1.82) is 0 Å². The van der Waals surface area contributed by atoms with E-state index >= 15 is 0 Å². The van der Waals surface area contributed by atoms with Crippen LogP contribution >= 0.6 is 31.9 Å². The topological polar surface area (TPSA) is 66.4 Å². The first-order valence-electron chi connectivity index (χ1n) is 6.49. The van der Waals surface area contributed by atoms with Crippen LogP contribution in [0.1, 0.15) is 19.3 Å². The highest BCUT2D eigenvalue weighted by molar-refractivity contribution is 9.11. The van der Waals surface area contributed by atoms with Gasteiger partial charge in [-0.05, 0) is 58.8 Å². The molecule has 0 saturated heterocycles. The number of nitrogens with one attached hydrogen (secondary N) is 1. The Morgan fingerprint density at radius 3 is 2.65 bits per heavy atom. The van der Waals surface area contributed by atoms with E-state index in [1.54, 1.807) is 18.2 Å². The molecule has 2 N–H and O–H groups in total. The summed E-state index contributed by atoms with van der Waals surface area (Å²) < 4.78 is 28.6. The van der Waals surface area contributed by atoms with E-state index < -0.39 is 10.0 Å². The third-order valence-corrected chi connectivity index (χ3v) is 6.68. The van der Waals surface area contributed by atoms with Crippen molar-refractivity contribution in [1.82, 2.24) is 4.72 Å². The highest BCUT2D eigenvalue weighted by Crippen LogP contribution is 2.31. The number of sulfonamides is 1. The summed E-state index contributed by atoms with van der Waals surface area (Å²) in [7, 11) is -3.54. The van der Waals surface area contributed by atoms with Gasteiger partial charge in [-0.1, -0.05) is 22.4 Å². The normalized spacial score (nSPS) is 23.1. The van der Waals surface area contributed by atoms with Crippen LogP contribution in [0, 0.1) is 11.8 Å². The molecule has 7 heteroatoms. The van der Waals surface area contributed by atoms with E-state index in [4.69, 9.17) is 0 Å². The van der Waals surface area contributed by atoms with Gasteiger partial charge in [0.25, 0.3) is 0 Å². The Morgan fingerprint density at radius 2 is 1.95 bits per heavy atom. The molecule has 0 heterocycles. The largest absolute Gasteiger partial charge is 0.396 e. The van der Waals surface area contributed by atoms with Crippen molar-refractivity contribution in [2.24, 2.45) is 11.8 Å². The minimum absolute atomic E-state index is 0.132. The Hall–Kier alpha value is 0.0500. The molecule has 4 nitrogen and oxygen atoms in total. The van der Waals surface area contributed by atoms with E-state index in [0.717, 1.165) is 23.7 Å². The SMILES string of the molecule is O=S(=O)(NCC1CCCC1CO)c1cc(Br)ccc1Br. The van der Waals surface area contributed by atoms with Gasteiger partial charge in [-0.2, -0.15) is 0 Å². The summed E-state index contributed by atoms with van der Waals surface area (Å²) >= 11 is 6.55. The van der Waals surface area contributed by atoms with E-state index in [2.05, 4.69) is 36.6 Å². The monoisotopic (exact) mass is 425 g/mol. The lowest BCUT2D eigenvalue weighted by atomic mass is 9.97. The summed E-state index contributed by atoms with van der Waals surface area (Å²) in [6.07, 6.45) is 3.00. The third-order valence-electron chi connectivity index (χ3n) is 3.77. The number of aliphatic hydroxyl groups is 1. The predicted molar refractivity (Wildman–Crippen MR) is 84.9 cm³/mol. The zero-order chi connectivity index (χ0) is 14.8. The second-order valence-corrected chi connectivity index (χ2v) is 8.57. The molecule has 2 rings (SSSR count). The molecule has 1 aromatic carbocycles. The van der Waals surface area contributed by atoms with Crippen molar-refractivity contribution in [2.75, 3.05) is 13.2 Å². The van der Waals surface area contributed by atoms with Gasteiger partial charge in [0.2, 0.25) is 10.0 Å². The number of benzene rings is 1.